The quantitative estimate of drug-likeness (QED) is 0.0324. The summed E-state index contributed by atoms with van der Waals surface area (Å²) >= 11 is 0. The third kappa shape index (κ3) is 32.1. The molecule has 6 rings (SSSR count). The van der Waals surface area contributed by atoms with Crippen LogP contribution in [0.25, 0.3) is 0 Å². The number of esters is 2. The van der Waals surface area contributed by atoms with E-state index in [0.717, 1.165) is 83.3 Å². The van der Waals surface area contributed by atoms with Gasteiger partial charge < -0.3 is 62.4 Å². The maximum absolute atomic E-state index is 10.5. The Morgan fingerprint density at radius 2 is 1.26 bits per heavy atom. The lowest BCUT2D eigenvalue weighted by atomic mass is 10.0. The van der Waals surface area contributed by atoms with E-state index < -0.39 is 19.4 Å². The lowest BCUT2D eigenvalue weighted by Crippen LogP contribution is -2.24. The van der Waals surface area contributed by atoms with Crippen molar-refractivity contribution in [1.82, 2.24) is 0 Å². The van der Waals surface area contributed by atoms with Crippen molar-refractivity contribution in [2.75, 3.05) is 13.2 Å². The third-order valence-electron chi connectivity index (χ3n) is 12.7. The SMILES string of the molecule is C=C1C[C@H](CCCC)O[C@H]1CCC=O.C=CC(C)OC(C)=O.CCCC[C@H]1C[C@@H](O)[C@H](C/C=C/OC(C)=O)O1.CCCC[C@H]1C[C@@H](O)[C@H](CCC2OCCO2)O1.CCCC[C@H]1C[C@H]2OC(C)(C)O[C@H]2O1.FB(F)F. The minimum absolute atomic E-state index is 0.0235. The van der Waals surface area contributed by atoms with Crippen molar-refractivity contribution in [1.29, 1.82) is 0 Å². The van der Waals surface area contributed by atoms with E-state index in [1.807, 2.05) is 13.8 Å². The molecule has 12 atom stereocenters. The number of halogens is 3. The molecule has 19 heteroatoms. The molecule has 6 fully saturated rings. The first-order chi connectivity index (χ1) is 35.2. The molecule has 2 N–H and O–H groups in total. The van der Waals surface area contributed by atoms with Crippen LogP contribution in [0.15, 0.2) is 37.1 Å². The Bertz CT molecular complexity index is 1520. The van der Waals surface area contributed by atoms with Crippen LogP contribution in [0, 0.1) is 0 Å². The molecule has 6 saturated heterocycles. The first kappa shape index (κ1) is 69.3. The van der Waals surface area contributed by atoms with E-state index in [-0.39, 0.29) is 73.4 Å². The Morgan fingerprint density at radius 1 is 0.743 bits per heavy atom. The van der Waals surface area contributed by atoms with Crippen molar-refractivity contribution in [2.24, 2.45) is 0 Å². The van der Waals surface area contributed by atoms with Crippen molar-refractivity contribution in [3.05, 3.63) is 37.1 Å². The lowest BCUT2D eigenvalue weighted by Gasteiger charge is -2.20. The molecule has 0 spiro atoms. The van der Waals surface area contributed by atoms with Gasteiger partial charge in [-0.25, -0.2) is 0 Å². The molecule has 0 radical (unpaired) electrons. The van der Waals surface area contributed by atoms with E-state index in [4.69, 9.17) is 37.9 Å². The van der Waals surface area contributed by atoms with Gasteiger partial charge in [-0.15, -0.1) is 0 Å². The number of unbranched alkanes of at least 4 members (excludes halogenated alkanes) is 4. The number of carbonyl (C=O) groups excluding carboxylic acids is 3. The Morgan fingerprint density at radius 3 is 1.73 bits per heavy atom. The summed E-state index contributed by atoms with van der Waals surface area (Å²) < 4.78 is 83.7. The Labute approximate surface area is 442 Å². The number of aliphatic hydroxyl groups excluding tert-OH is 2. The van der Waals surface area contributed by atoms with Crippen LogP contribution in [0.1, 0.15) is 197 Å². The largest absolute Gasteiger partial charge is 0.762 e. The van der Waals surface area contributed by atoms with Gasteiger partial charge in [0.15, 0.2) is 18.4 Å². The van der Waals surface area contributed by atoms with E-state index >= 15 is 0 Å². The summed E-state index contributed by atoms with van der Waals surface area (Å²) in [5, 5.41) is 19.7. The number of rotatable bonds is 23. The number of hydrogen-bond acceptors (Lipinski definition) is 15. The van der Waals surface area contributed by atoms with Gasteiger partial charge in [0.1, 0.15) is 18.5 Å². The molecule has 430 valence electrons. The molecule has 0 amide bonds. The lowest BCUT2D eigenvalue weighted by molar-refractivity contribution is -0.205. The second-order valence-corrected chi connectivity index (χ2v) is 19.9. The molecule has 1 unspecified atom stereocenters. The average Bonchev–Trinajstić information content (AvgIpc) is 4.21. The summed E-state index contributed by atoms with van der Waals surface area (Å²) in [5.41, 5.74) is 1.17. The molecule has 0 aromatic heterocycles. The summed E-state index contributed by atoms with van der Waals surface area (Å²) in [6.07, 6.45) is 26.8. The van der Waals surface area contributed by atoms with Crippen molar-refractivity contribution >= 4 is 25.8 Å². The van der Waals surface area contributed by atoms with Gasteiger partial charge in [-0.3, -0.25) is 22.5 Å². The number of aliphatic hydroxyl groups is 2. The molecular formula is C55H96BF3O15. The second kappa shape index (κ2) is 40.5. The second-order valence-electron chi connectivity index (χ2n) is 19.9. The van der Waals surface area contributed by atoms with Gasteiger partial charge in [0.05, 0.1) is 74.4 Å². The highest BCUT2D eigenvalue weighted by Gasteiger charge is 2.48. The first-order valence-electron chi connectivity index (χ1n) is 27.4. The molecule has 6 aliphatic rings. The molecule has 0 aromatic rings. The molecule has 0 aromatic carbocycles. The first-order valence-corrected chi connectivity index (χ1v) is 27.4. The van der Waals surface area contributed by atoms with Crippen LogP contribution in [-0.4, -0.2) is 135 Å². The summed E-state index contributed by atoms with van der Waals surface area (Å²) in [7, 11) is -3.67. The zero-order valence-corrected chi connectivity index (χ0v) is 46.4. The number of ether oxygens (including phenoxy) is 10. The smallest absolute Gasteiger partial charge is 0.459 e. The normalized spacial score (nSPS) is 28.9. The molecule has 15 nitrogen and oxygen atoms in total. The number of hydrogen-bond donors (Lipinski definition) is 2. The summed E-state index contributed by atoms with van der Waals surface area (Å²) in [6.45, 7) is 25.9. The van der Waals surface area contributed by atoms with Crippen LogP contribution >= 0.6 is 0 Å². The highest BCUT2D eigenvalue weighted by atomic mass is 19.4. The number of carbonyl (C=O) groups is 3. The van der Waals surface area contributed by atoms with E-state index in [1.54, 1.807) is 19.1 Å². The van der Waals surface area contributed by atoms with Gasteiger partial charge in [0.2, 0.25) is 0 Å². The highest BCUT2D eigenvalue weighted by molar-refractivity contribution is 6.33. The third-order valence-corrected chi connectivity index (χ3v) is 12.7. The Kier molecular flexibility index (Phi) is 37.9. The van der Waals surface area contributed by atoms with Crippen molar-refractivity contribution in [2.45, 2.75) is 283 Å². The van der Waals surface area contributed by atoms with E-state index in [1.165, 1.54) is 64.2 Å². The van der Waals surface area contributed by atoms with Crippen LogP contribution in [0.3, 0.4) is 0 Å². The van der Waals surface area contributed by atoms with Gasteiger partial charge in [0.25, 0.3) is 0 Å². The standard InChI is InChI=1S/C13H24O4.C13H22O4.C12H20O2.C11H20O3.C6H10O2.BF3/c1-2-3-4-10-9-11(14)12(17-10)5-6-13-15-7-8-16-13;1-3-4-6-11-9-12(15)13(17-11)7-5-8-16-10(2)14;1-3-4-6-11-9-10(2)12(14-11)7-5-8-13;1-4-5-6-8-7-9-10(12-8)14-11(2,3)13-9;1-4-5(2)8-6(3)7;2-1(3)4/h10-14H,2-9H2,1H3;5,8,11-13,15H,3-4,6-7,9H2,1-2H3;8,11-12H,2-7,9H2,1H3;8-10H,4-7H2,1-3H3;4-5H,1H2,2-3H3;/b;8-5+;;;;/t10-,11+,12-;11-,12+,13-;11-,12-;8-,9+,10+;;/m0000../s1. The van der Waals surface area contributed by atoms with Crippen LogP contribution in [-0.2, 0) is 61.8 Å². The fourth-order valence-electron chi connectivity index (χ4n) is 8.95. The summed E-state index contributed by atoms with van der Waals surface area (Å²) in [5.74, 6) is -1.06. The van der Waals surface area contributed by atoms with Gasteiger partial charge in [-0.05, 0) is 83.8 Å². The van der Waals surface area contributed by atoms with Gasteiger partial charge in [-0.1, -0.05) is 98.3 Å². The minimum Gasteiger partial charge on any atom is -0.459 e. The fraction of sp³-hybridized carbons (Fsp3) is 0.836. The molecule has 74 heavy (non-hydrogen) atoms. The van der Waals surface area contributed by atoms with Crippen LogP contribution in [0.2, 0.25) is 0 Å². The molecular weight excluding hydrogens is 968 g/mol. The molecule has 6 aliphatic heterocycles. The van der Waals surface area contributed by atoms with Gasteiger partial charge >= 0.3 is 19.5 Å². The van der Waals surface area contributed by atoms with Gasteiger partial charge in [-0.2, -0.15) is 0 Å². The van der Waals surface area contributed by atoms with Crippen LogP contribution < -0.4 is 0 Å². The van der Waals surface area contributed by atoms with Crippen molar-refractivity contribution in [3.8, 4) is 0 Å². The topological polar surface area (TPSA) is 184 Å². The Hall–Kier alpha value is -2.72. The Balaban J connectivity index is 0.000000461. The van der Waals surface area contributed by atoms with E-state index in [2.05, 4.69) is 50.3 Å². The van der Waals surface area contributed by atoms with E-state index in [0.29, 0.717) is 44.7 Å². The fourth-order valence-corrected chi connectivity index (χ4v) is 8.95. The van der Waals surface area contributed by atoms with Crippen LogP contribution in [0.5, 0.6) is 0 Å². The monoisotopic (exact) mass is 1060 g/mol. The van der Waals surface area contributed by atoms with Crippen molar-refractivity contribution in [3.63, 3.8) is 0 Å². The number of fused-ring (bicyclic) bond motifs is 1. The maximum atomic E-state index is 10.5. The zero-order valence-electron chi connectivity index (χ0n) is 46.4. The molecule has 6 heterocycles. The molecule has 0 aliphatic carbocycles. The molecule has 0 saturated carbocycles. The highest BCUT2D eigenvalue weighted by Crippen LogP contribution is 2.38. The van der Waals surface area contributed by atoms with E-state index in [9.17, 15) is 37.5 Å². The zero-order chi connectivity index (χ0) is 55.5. The van der Waals surface area contributed by atoms with Gasteiger partial charge in [0, 0.05) is 46.0 Å². The summed E-state index contributed by atoms with van der Waals surface area (Å²) in [6, 6.07) is 0. The average molecular weight is 1070 g/mol. The predicted molar refractivity (Wildman–Crippen MR) is 279 cm³/mol. The van der Waals surface area contributed by atoms with Crippen molar-refractivity contribution < 1.29 is 84.9 Å². The number of aldehydes is 1. The predicted octanol–water partition coefficient (Wildman–Crippen LogP) is 11.3. The van der Waals surface area contributed by atoms with Crippen LogP contribution in [0.4, 0.5) is 12.9 Å². The molecule has 0 bridgehead atoms. The minimum atomic E-state index is -3.67. The maximum Gasteiger partial charge on any atom is 0.762 e. The summed E-state index contributed by atoms with van der Waals surface area (Å²) in [4.78, 5) is 30.9.